The van der Waals surface area contributed by atoms with Crippen LogP contribution in [0.25, 0.3) is 0 Å². The molecule has 0 bridgehead atoms. The molecule has 0 unspecified atom stereocenters. The fourth-order valence-electron chi connectivity index (χ4n) is 4.67. The maximum atomic E-state index is 14.6. The number of hydrogen-bond donors (Lipinski definition) is 1. The second-order valence-corrected chi connectivity index (χ2v) is 10.9. The fraction of sp³-hybridized carbons (Fsp3) is 0.0857. The lowest BCUT2D eigenvalue weighted by atomic mass is 10.0. The lowest BCUT2D eigenvalue weighted by molar-refractivity contribution is -0.138. The van der Waals surface area contributed by atoms with Crippen molar-refractivity contribution in [3.63, 3.8) is 0 Å². The molecule has 0 aliphatic carbocycles. The van der Waals surface area contributed by atoms with Crippen LogP contribution < -0.4 is 10.2 Å². The highest BCUT2D eigenvalue weighted by molar-refractivity contribution is 7.99. The third kappa shape index (κ3) is 7.10. The Kier molecular flexibility index (Phi) is 9.82. The summed E-state index contributed by atoms with van der Waals surface area (Å²) in [5, 5.41) is 2.55. The quantitative estimate of drug-likeness (QED) is 0.164. The van der Waals surface area contributed by atoms with Gasteiger partial charge in [0.2, 0.25) is 0 Å². The molecule has 232 valence electrons. The Morgan fingerprint density at radius 2 is 1.41 bits per heavy atom. The minimum absolute atomic E-state index is 0.0181. The van der Waals surface area contributed by atoms with Crippen molar-refractivity contribution in [2.45, 2.75) is 22.5 Å². The second kappa shape index (κ2) is 14.1. The predicted molar refractivity (Wildman–Crippen MR) is 168 cm³/mol. The van der Waals surface area contributed by atoms with Crippen LogP contribution in [0.3, 0.4) is 0 Å². The summed E-state index contributed by atoms with van der Waals surface area (Å²) in [6.45, 7) is -0.0658. The molecule has 11 heteroatoms. The van der Waals surface area contributed by atoms with Crippen LogP contribution in [0.2, 0.25) is 0 Å². The zero-order chi connectivity index (χ0) is 32.7. The Bertz CT molecular complexity index is 1850. The van der Waals surface area contributed by atoms with Crippen LogP contribution in [-0.2, 0) is 17.5 Å². The lowest BCUT2D eigenvalue weighted by Crippen LogP contribution is -2.33. The lowest BCUT2D eigenvalue weighted by Gasteiger charge is -2.27. The van der Waals surface area contributed by atoms with Crippen molar-refractivity contribution < 1.29 is 32.3 Å². The van der Waals surface area contributed by atoms with E-state index >= 15 is 0 Å². The van der Waals surface area contributed by atoms with Gasteiger partial charge in [0, 0.05) is 22.5 Å². The fourth-order valence-corrected chi connectivity index (χ4v) is 5.73. The number of para-hydroxylation sites is 1. The summed E-state index contributed by atoms with van der Waals surface area (Å²) in [6.07, 6.45) is -4.05. The average Bonchev–Trinajstić information content (AvgIpc) is 3.08. The Morgan fingerprint density at radius 3 is 2.04 bits per heavy atom. The highest BCUT2D eigenvalue weighted by atomic mass is 32.2. The molecule has 4 aromatic carbocycles. The van der Waals surface area contributed by atoms with Gasteiger partial charge in [-0.3, -0.25) is 14.5 Å². The highest BCUT2D eigenvalue weighted by Gasteiger charge is 2.39. The number of methoxy groups -OCH3 is 1. The molecule has 0 spiro atoms. The number of aromatic nitrogens is 1. The van der Waals surface area contributed by atoms with Crippen LogP contribution in [0.1, 0.15) is 42.2 Å². The van der Waals surface area contributed by atoms with Gasteiger partial charge in [0.05, 0.1) is 35.1 Å². The van der Waals surface area contributed by atoms with E-state index in [4.69, 9.17) is 4.74 Å². The van der Waals surface area contributed by atoms with Gasteiger partial charge in [-0.1, -0.05) is 84.6 Å². The number of rotatable bonds is 9. The number of amides is 2. The van der Waals surface area contributed by atoms with E-state index in [1.165, 1.54) is 37.4 Å². The topological polar surface area (TPSA) is 88.6 Å². The number of carbonyl (C=O) groups is 3. The zero-order valence-electron chi connectivity index (χ0n) is 24.3. The first-order valence-electron chi connectivity index (χ1n) is 13.9. The Hall–Kier alpha value is -5.42. The summed E-state index contributed by atoms with van der Waals surface area (Å²) in [5.41, 5.74) is -1.23. The van der Waals surface area contributed by atoms with Gasteiger partial charge in [0.25, 0.3) is 11.8 Å². The number of nitrogens with one attached hydrogen (secondary N) is 1. The number of ether oxygens (including phenoxy) is 1. The molecular weight excluding hydrogens is 615 g/mol. The molecule has 0 aliphatic rings. The van der Waals surface area contributed by atoms with Gasteiger partial charge in [-0.05, 0) is 48.0 Å². The third-order valence-corrected chi connectivity index (χ3v) is 7.95. The number of nitrogens with zero attached hydrogens (tertiary/aromatic N) is 2. The van der Waals surface area contributed by atoms with Gasteiger partial charge in [-0.15, -0.1) is 0 Å². The number of alkyl halides is 3. The van der Waals surface area contributed by atoms with Crippen molar-refractivity contribution in [1.82, 2.24) is 10.3 Å². The molecule has 1 aromatic heterocycles. The van der Waals surface area contributed by atoms with Gasteiger partial charge >= 0.3 is 12.1 Å². The zero-order valence-corrected chi connectivity index (χ0v) is 25.1. The predicted octanol–water partition coefficient (Wildman–Crippen LogP) is 7.95. The SMILES string of the molecule is COC(=O)c1cccc(C(=O)N(c2ccccc2)c2nccc(C(F)(F)F)c2C(=O)NCc2ccccc2)c1Sc1ccccc1. The van der Waals surface area contributed by atoms with E-state index in [2.05, 4.69) is 10.3 Å². The summed E-state index contributed by atoms with van der Waals surface area (Å²) < 4.78 is 48.4. The summed E-state index contributed by atoms with van der Waals surface area (Å²) in [7, 11) is 1.21. The van der Waals surface area contributed by atoms with E-state index < -0.39 is 40.9 Å². The number of esters is 1. The molecule has 7 nitrogen and oxygen atoms in total. The number of pyridine rings is 1. The summed E-state index contributed by atoms with van der Waals surface area (Å²) in [6, 6.07) is 30.7. The molecule has 5 aromatic rings. The van der Waals surface area contributed by atoms with Crippen molar-refractivity contribution in [3.05, 3.63) is 149 Å². The minimum Gasteiger partial charge on any atom is -0.465 e. The standard InChI is InChI=1S/C35H26F3N3O4S/c1-45-34(44)27-19-11-18-26(30(27)46-25-16-9-4-10-17-25)33(43)41(24-14-7-3-8-15-24)31-29(28(20-21-39-31)35(36,37)38)32(42)40-22-23-12-5-2-6-13-23/h2-21H,22H2,1H3,(H,40,42). The molecular formula is C35H26F3N3O4S. The monoisotopic (exact) mass is 641 g/mol. The van der Waals surface area contributed by atoms with Crippen molar-refractivity contribution in [2.75, 3.05) is 12.0 Å². The molecule has 0 aliphatic heterocycles. The van der Waals surface area contributed by atoms with Crippen LogP contribution in [0.15, 0.2) is 131 Å². The second-order valence-electron chi connectivity index (χ2n) is 9.79. The van der Waals surface area contributed by atoms with Gasteiger partial charge in [0.15, 0.2) is 5.82 Å². The first-order valence-corrected chi connectivity index (χ1v) is 14.7. The average molecular weight is 642 g/mol. The van der Waals surface area contributed by atoms with E-state index in [1.54, 1.807) is 72.8 Å². The van der Waals surface area contributed by atoms with Crippen LogP contribution in [0, 0.1) is 0 Å². The van der Waals surface area contributed by atoms with Crippen molar-refractivity contribution in [2.24, 2.45) is 0 Å². The van der Waals surface area contributed by atoms with Crippen molar-refractivity contribution in [3.8, 4) is 0 Å². The Balaban J connectivity index is 1.70. The Labute approximate surface area is 267 Å². The van der Waals surface area contributed by atoms with Crippen molar-refractivity contribution in [1.29, 1.82) is 0 Å². The molecule has 1 heterocycles. The Morgan fingerprint density at radius 1 is 0.804 bits per heavy atom. The van der Waals surface area contributed by atoms with Crippen LogP contribution >= 0.6 is 11.8 Å². The normalized spacial score (nSPS) is 11.0. The summed E-state index contributed by atoms with van der Waals surface area (Å²) >= 11 is 1.12. The first-order chi connectivity index (χ1) is 22.2. The maximum absolute atomic E-state index is 14.6. The maximum Gasteiger partial charge on any atom is 0.417 e. The molecule has 5 rings (SSSR count). The largest absolute Gasteiger partial charge is 0.465 e. The molecule has 2 amide bonds. The highest BCUT2D eigenvalue weighted by Crippen LogP contribution is 2.40. The van der Waals surface area contributed by atoms with Crippen LogP contribution in [0.4, 0.5) is 24.7 Å². The molecule has 0 radical (unpaired) electrons. The van der Waals surface area contributed by atoms with E-state index in [0.717, 1.165) is 22.9 Å². The van der Waals surface area contributed by atoms with Gasteiger partial charge < -0.3 is 10.1 Å². The minimum atomic E-state index is -4.96. The van der Waals surface area contributed by atoms with Crippen LogP contribution in [-0.4, -0.2) is 29.9 Å². The molecule has 0 saturated carbocycles. The number of carbonyl (C=O) groups excluding carboxylic acids is 3. The molecule has 1 N–H and O–H groups in total. The van der Waals surface area contributed by atoms with Crippen LogP contribution in [0.5, 0.6) is 0 Å². The van der Waals surface area contributed by atoms with Gasteiger partial charge in [-0.2, -0.15) is 13.2 Å². The van der Waals surface area contributed by atoms with E-state index in [9.17, 15) is 27.6 Å². The van der Waals surface area contributed by atoms with E-state index in [0.29, 0.717) is 16.5 Å². The first kappa shape index (κ1) is 32.0. The molecule has 46 heavy (non-hydrogen) atoms. The number of hydrogen-bond acceptors (Lipinski definition) is 6. The van der Waals surface area contributed by atoms with Crippen molar-refractivity contribution >= 4 is 41.1 Å². The number of benzene rings is 4. The third-order valence-electron chi connectivity index (χ3n) is 6.80. The number of halogens is 3. The summed E-state index contributed by atoms with van der Waals surface area (Å²) in [5.74, 6) is -3.14. The molecule has 0 saturated heterocycles. The number of anilines is 2. The van der Waals surface area contributed by atoms with Gasteiger partial charge in [0.1, 0.15) is 0 Å². The van der Waals surface area contributed by atoms with E-state index in [1.807, 2.05) is 6.07 Å². The molecule has 0 atom stereocenters. The van der Waals surface area contributed by atoms with E-state index in [-0.39, 0.29) is 28.3 Å². The summed E-state index contributed by atoms with van der Waals surface area (Å²) in [4.78, 5) is 47.2. The van der Waals surface area contributed by atoms with Gasteiger partial charge in [-0.25, -0.2) is 9.78 Å². The smallest absolute Gasteiger partial charge is 0.417 e. The molecule has 0 fully saturated rings.